The van der Waals surface area contributed by atoms with Crippen molar-refractivity contribution in [2.75, 3.05) is 43.5 Å². The number of aromatic nitrogens is 2. The van der Waals surface area contributed by atoms with Gasteiger partial charge in [-0.05, 0) is 30.8 Å². The van der Waals surface area contributed by atoms with Gasteiger partial charge in [0.1, 0.15) is 17.2 Å². The number of carbonyl (C=O) groups excluding carboxylic acids is 1. The molecule has 1 saturated heterocycles. The molecule has 10 nitrogen and oxygen atoms in total. The Labute approximate surface area is 211 Å². The highest BCUT2D eigenvalue weighted by molar-refractivity contribution is 7.98. The number of carbonyl (C=O) groups is 3. The Kier molecular flexibility index (Phi) is 10.2. The molecular weight excluding hydrogens is 470 g/mol. The van der Waals surface area contributed by atoms with Crippen LogP contribution in [-0.4, -0.2) is 92.2 Å². The quantitative estimate of drug-likeness (QED) is 0.405. The van der Waals surface area contributed by atoms with Gasteiger partial charge in [-0.25, -0.2) is 14.8 Å². The van der Waals surface area contributed by atoms with Gasteiger partial charge >= 0.3 is 12.1 Å². The van der Waals surface area contributed by atoms with E-state index in [0.29, 0.717) is 30.3 Å². The number of likely N-dealkylation sites (tertiary alicyclic amines) is 1. The van der Waals surface area contributed by atoms with Crippen LogP contribution in [0.25, 0.3) is 0 Å². The average Bonchev–Trinajstić information content (AvgIpc) is 2.78. The molecule has 2 rings (SSSR count). The second kappa shape index (κ2) is 12.4. The number of nitrogens with zero attached hydrogens (tertiary/aromatic N) is 4. The summed E-state index contributed by atoms with van der Waals surface area (Å²) >= 11 is 1.74. The molecule has 0 aromatic carbocycles. The van der Waals surface area contributed by atoms with E-state index in [1.807, 2.05) is 40.9 Å². The lowest BCUT2D eigenvalue weighted by atomic mass is 9.92. The number of thioether (sulfide) groups is 1. The van der Waals surface area contributed by atoms with Crippen molar-refractivity contribution >= 4 is 35.5 Å². The first-order valence-electron chi connectivity index (χ1n) is 12.0. The standard InChI is InChI=1S/C24H39N5O5S/c1-15(2)12-29(17-10-16(21(31)32)13-28(14-17)23(33)34)20(30)18-11-26-22(24(3,4)5)27-19(18)25-8-7-9-35-6/h11,15-17H,7-10,12-14H2,1-6H3,(H,31,32)(H,33,34)(H,25,26,27)/t16-,17+/m1/s1. The zero-order valence-electron chi connectivity index (χ0n) is 21.6. The Morgan fingerprint density at radius 3 is 2.49 bits per heavy atom. The first-order valence-corrected chi connectivity index (χ1v) is 13.4. The highest BCUT2D eigenvalue weighted by Crippen LogP contribution is 2.27. The normalized spacial score (nSPS) is 18.4. The molecule has 3 N–H and O–H groups in total. The smallest absolute Gasteiger partial charge is 0.407 e. The lowest BCUT2D eigenvalue weighted by molar-refractivity contribution is -0.144. The van der Waals surface area contributed by atoms with Crippen LogP contribution in [0.2, 0.25) is 0 Å². The number of rotatable bonds is 10. The van der Waals surface area contributed by atoms with E-state index < -0.39 is 24.0 Å². The van der Waals surface area contributed by atoms with Gasteiger partial charge < -0.3 is 25.3 Å². The molecule has 1 aromatic heterocycles. The van der Waals surface area contributed by atoms with E-state index in [1.54, 1.807) is 16.7 Å². The van der Waals surface area contributed by atoms with E-state index in [4.69, 9.17) is 0 Å². The largest absolute Gasteiger partial charge is 0.481 e. The topological polar surface area (TPSA) is 136 Å². The number of piperidine rings is 1. The summed E-state index contributed by atoms with van der Waals surface area (Å²) in [4.78, 5) is 49.2. The number of nitrogens with one attached hydrogen (secondary N) is 1. The summed E-state index contributed by atoms with van der Waals surface area (Å²) in [6.45, 7) is 10.9. The van der Waals surface area contributed by atoms with Crippen LogP contribution in [0.15, 0.2) is 6.20 Å². The van der Waals surface area contributed by atoms with Crippen molar-refractivity contribution in [3.63, 3.8) is 0 Å². The van der Waals surface area contributed by atoms with Crippen LogP contribution < -0.4 is 5.32 Å². The third-order valence-corrected chi connectivity index (χ3v) is 6.52. The Balaban J connectivity index is 2.45. The van der Waals surface area contributed by atoms with Crippen LogP contribution >= 0.6 is 11.8 Å². The van der Waals surface area contributed by atoms with E-state index in [9.17, 15) is 24.6 Å². The van der Waals surface area contributed by atoms with Gasteiger partial charge in [0.25, 0.3) is 5.91 Å². The Bertz CT molecular complexity index is 883. The van der Waals surface area contributed by atoms with Crippen LogP contribution in [0.5, 0.6) is 0 Å². The molecule has 1 fully saturated rings. The molecule has 2 amide bonds. The Hall–Kier alpha value is -2.56. The minimum atomic E-state index is -1.19. The summed E-state index contributed by atoms with van der Waals surface area (Å²) in [7, 11) is 0. The highest BCUT2D eigenvalue weighted by Gasteiger charge is 2.39. The average molecular weight is 510 g/mol. The number of hydrogen-bond acceptors (Lipinski definition) is 7. The van der Waals surface area contributed by atoms with Crippen molar-refractivity contribution in [2.45, 2.75) is 58.9 Å². The van der Waals surface area contributed by atoms with Gasteiger partial charge in [-0.3, -0.25) is 9.59 Å². The summed E-state index contributed by atoms with van der Waals surface area (Å²) in [6.07, 6.45) is 3.47. The first-order chi connectivity index (χ1) is 16.3. The molecule has 0 radical (unpaired) electrons. The van der Waals surface area contributed by atoms with E-state index in [1.165, 1.54) is 6.20 Å². The second-order valence-corrected chi connectivity index (χ2v) is 11.4. The summed E-state index contributed by atoms with van der Waals surface area (Å²) < 4.78 is 0. The molecule has 1 aliphatic rings. The van der Waals surface area contributed by atoms with Crippen LogP contribution in [0, 0.1) is 11.8 Å². The van der Waals surface area contributed by atoms with Crippen LogP contribution in [0.1, 0.15) is 63.6 Å². The summed E-state index contributed by atoms with van der Waals surface area (Å²) in [5, 5.41) is 22.5. The van der Waals surface area contributed by atoms with Gasteiger partial charge in [0.05, 0.1) is 12.0 Å². The SMILES string of the molecule is CSCCCNc1nc(C(C)(C)C)ncc1C(=O)N(CC(C)C)[C@H]1C[C@@H](C(=O)O)CN(C(=O)O)C1. The molecule has 2 atom stereocenters. The number of anilines is 1. The third-order valence-electron chi connectivity index (χ3n) is 5.82. The van der Waals surface area contributed by atoms with Gasteiger partial charge in [0, 0.05) is 37.8 Å². The molecule has 196 valence electrons. The minimum Gasteiger partial charge on any atom is -0.481 e. The van der Waals surface area contributed by atoms with Crippen molar-refractivity contribution in [3.8, 4) is 0 Å². The number of aliphatic carboxylic acids is 1. The van der Waals surface area contributed by atoms with E-state index in [-0.39, 0.29) is 36.8 Å². The number of hydrogen-bond donors (Lipinski definition) is 3. The zero-order chi connectivity index (χ0) is 26.3. The summed E-state index contributed by atoms with van der Waals surface area (Å²) in [6, 6.07) is -0.567. The first kappa shape index (κ1) is 28.7. The van der Waals surface area contributed by atoms with Gasteiger partial charge in [0.15, 0.2) is 0 Å². The molecule has 1 aliphatic heterocycles. The molecule has 0 spiro atoms. The summed E-state index contributed by atoms with van der Waals surface area (Å²) in [5.41, 5.74) is -0.00303. The van der Waals surface area contributed by atoms with Crippen molar-refractivity contribution < 1.29 is 24.6 Å². The summed E-state index contributed by atoms with van der Waals surface area (Å²) in [5.74, 6) is -0.148. The molecular formula is C24H39N5O5S. The highest BCUT2D eigenvalue weighted by atomic mass is 32.2. The number of carboxylic acid groups (broad SMARTS) is 2. The fraction of sp³-hybridized carbons (Fsp3) is 0.708. The molecule has 0 unspecified atom stereocenters. The van der Waals surface area contributed by atoms with Crippen LogP contribution in [0.3, 0.4) is 0 Å². The fourth-order valence-corrected chi connectivity index (χ4v) is 4.47. The van der Waals surface area contributed by atoms with Crippen molar-refractivity contribution in [1.82, 2.24) is 19.8 Å². The Morgan fingerprint density at radius 2 is 1.94 bits per heavy atom. The van der Waals surface area contributed by atoms with Gasteiger partial charge in [-0.1, -0.05) is 34.6 Å². The zero-order valence-corrected chi connectivity index (χ0v) is 22.4. The van der Waals surface area contributed by atoms with Gasteiger partial charge in [-0.15, -0.1) is 0 Å². The maximum Gasteiger partial charge on any atom is 0.407 e. The van der Waals surface area contributed by atoms with Crippen molar-refractivity contribution in [2.24, 2.45) is 11.8 Å². The second-order valence-electron chi connectivity index (χ2n) is 10.4. The van der Waals surface area contributed by atoms with Crippen molar-refractivity contribution in [1.29, 1.82) is 0 Å². The molecule has 0 bridgehead atoms. The maximum atomic E-state index is 13.9. The van der Waals surface area contributed by atoms with E-state index in [2.05, 4.69) is 15.3 Å². The monoisotopic (exact) mass is 509 g/mol. The fourth-order valence-electron chi connectivity index (χ4n) is 4.04. The van der Waals surface area contributed by atoms with Gasteiger partial charge in [0.2, 0.25) is 0 Å². The van der Waals surface area contributed by atoms with Crippen molar-refractivity contribution in [3.05, 3.63) is 17.6 Å². The maximum absolute atomic E-state index is 13.9. The van der Waals surface area contributed by atoms with E-state index >= 15 is 0 Å². The number of amides is 2. The molecule has 35 heavy (non-hydrogen) atoms. The minimum absolute atomic E-state index is 0.0645. The predicted octanol–water partition coefficient (Wildman–Crippen LogP) is 3.49. The Morgan fingerprint density at radius 1 is 1.26 bits per heavy atom. The van der Waals surface area contributed by atoms with Crippen LogP contribution in [0.4, 0.5) is 10.6 Å². The molecule has 11 heteroatoms. The van der Waals surface area contributed by atoms with E-state index in [0.717, 1.165) is 17.1 Å². The third kappa shape index (κ3) is 7.98. The molecule has 1 aromatic rings. The van der Waals surface area contributed by atoms with Gasteiger partial charge in [-0.2, -0.15) is 11.8 Å². The molecule has 2 heterocycles. The number of carboxylic acids is 1. The van der Waals surface area contributed by atoms with Crippen LogP contribution in [-0.2, 0) is 10.2 Å². The molecule has 0 aliphatic carbocycles. The lowest BCUT2D eigenvalue weighted by Gasteiger charge is -2.41. The predicted molar refractivity (Wildman–Crippen MR) is 137 cm³/mol. The lowest BCUT2D eigenvalue weighted by Crippen LogP contribution is -2.56. The molecule has 0 saturated carbocycles.